The van der Waals surface area contributed by atoms with E-state index < -0.39 is 21.9 Å². The number of halogens is 2. The number of pyridine rings is 1. The molecule has 0 saturated carbocycles. The van der Waals surface area contributed by atoms with E-state index in [9.17, 15) is 17.1 Å². The van der Waals surface area contributed by atoms with Crippen LogP contribution in [0.25, 0.3) is 10.8 Å². The van der Waals surface area contributed by atoms with Gasteiger partial charge in [-0.05, 0) is 15.9 Å². The van der Waals surface area contributed by atoms with Gasteiger partial charge in [-0.3, -0.25) is 9.69 Å². The van der Waals surface area contributed by atoms with Crippen molar-refractivity contribution >= 4 is 48.7 Å². The summed E-state index contributed by atoms with van der Waals surface area (Å²) in [6.45, 7) is 0.153. The number of aromatic nitrogens is 1. The van der Waals surface area contributed by atoms with Gasteiger partial charge in [0.25, 0.3) is 0 Å². The molecule has 0 N–H and O–H groups in total. The highest BCUT2D eigenvalue weighted by Crippen LogP contribution is 2.33. The van der Waals surface area contributed by atoms with Gasteiger partial charge in [-0.2, -0.15) is 8.42 Å². The summed E-state index contributed by atoms with van der Waals surface area (Å²) in [5, 5.41) is 1.69. The predicted octanol–water partition coefficient (Wildman–Crippen LogP) is 2.65. The molecule has 2 heterocycles. The van der Waals surface area contributed by atoms with Gasteiger partial charge in [-0.25, -0.2) is 4.98 Å². The summed E-state index contributed by atoms with van der Waals surface area (Å²) >= 11 is 3.41. The topological polar surface area (TPSA) is 67.3 Å². The Bertz CT molecular complexity index is 856. The van der Waals surface area contributed by atoms with Crippen LogP contribution in [0.5, 0.6) is 0 Å². The molecule has 3 rings (SSSR count). The number of hydrogen-bond donors (Lipinski definition) is 0. The van der Waals surface area contributed by atoms with E-state index in [1.807, 2.05) is 24.3 Å². The molecular formula is C14H12BrFN2O3S. The van der Waals surface area contributed by atoms with Gasteiger partial charge in [0.2, 0.25) is 5.91 Å². The first-order chi connectivity index (χ1) is 10.3. The number of hydrogen-bond acceptors (Lipinski definition) is 4. The first-order valence-corrected chi connectivity index (χ1v) is 8.95. The summed E-state index contributed by atoms with van der Waals surface area (Å²) in [7, 11) is -4.59. The highest BCUT2D eigenvalue weighted by molar-refractivity contribution is 9.10. The van der Waals surface area contributed by atoms with Crippen molar-refractivity contribution in [3.8, 4) is 0 Å². The minimum Gasteiger partial charge on any atom is -0.296 e. The molecule has 116 valence electrons. The molecule has 1 aromatic heterocycles. The van der Waals surface area contributed by atoms with Gasteiger partial charge >= 0.3 is 10.2 Å². The largest absolute Gasteiger partial charge is 0.302 e. The van der Waals surface area contributed by atoms with E-state index in [4.69, 9.17) is 0 Å². The maximum atomic E-state index is 12.8. The van der Waals surface area contributed by atoms with Crippen molar-refractivity contribution in [2.45, 2.75) is 6.42 Å². The third kappa shape index (κ3) is 2.98. The lowest BCUT2D eigenvalue weighted by atomic mass is 10.1. The van der Waals surface area contributed by atoms with E-state index in [1.165, 1.54) is 4.90 Å². The second kappa shape index (κ2) is 5.58. The number of carbonyl (C=O) groups excluding carboxylic acids is 1. The summed E-state index contributed by atoms with van der Waals surface area (Å²) in [4.78, 5) is 17.9. The molecule has 1 aromatic carbocycles. The van der Waals surface area contributed by atoms with E-state index in [0.717, 1.165) is 15.2 Å². The lowest BCUT2D eigenvalue weighted by molar-refractivity contribution is -0.117. The Morgan fingerprint density at radius 2 is 2.00 bits per heavy atom. The quantitative estimate of drug-likeness (QED) is 0.760. The summed E-state index contributed by atoms with van der Waals surface area (Å²) in [6, 6.07) is 7.45. The third-order valence-corrected chi connectivity index (χ3v) is 5.12. The van der Waals surface area contributed by atoms with Gasteiger partial charge in [0.05, 0.1) is 5.75 Å². The molecular weight excluding hydrogens is 375 g/mol. The van der Waals surface area contributed by atoms with Crippen LogP contribution in [0.1, 0.15) is 6.42 Å². The van der Waals surface area contributed by atoms with Gasteiger partial charge in [0.15, 0.2) is 0 Å². The minimum absolute atomic E-state index is 0.00915. The Balaban J connectivity index is 1.98. The molecule has 0 spiro atoms. The molecule has 1 aliphatic rings. The van der Waals surface area contributed by atoms with Crippen molar-refractivity contribution in [2.24, 2.45) is 5.92 Å². The van der Waals surface area contributed by atoms with E-state index in [-0.39, 0.29) is 18.9 Å². The fourth-order valence-electron chi connectivity index (χ4n) is 2.74. The lowest BCUT2D eigenvalue weighted by Gasteiger charge is -2.18. The summed E-state index contributed by atoms with van der Waals surface area (Å²) in [6.07, 6.45) is 1.61. The number of fused-ring (bicyclic) bond motifs is 1. The molecule has 1 unspecified atom stereocenters. The zero-order valence-corrected chi connectivity index (χ0v) is 13.8. The van der Waals surface area contributed by atoms with Crippen LogP contribution in [0.2, 0.25) is 0 Å². The van der Waals surface area contributed by atoms with Crippen molar-refractivity contribution in [1.29, 1.82) is 0 Å². The molecule has 1 aliphatic heterocycles. The fraction of sp³-hybridized carbons (Fsp3) is 0.286. The average Bonchev–Trinajstić information content (AvgIpc) is 2.78. The summed E-state index contributed by atoms with van der Waals surface area (Å²) < 4.78 is 35.2. The first-order valence-electron chi connectivity index (χ1n) is 6.61. The van der Waals surface area contributed by atoms with Gasteiger partial charge in [-0.15, -0.1) is 3.89 Å². The predicted molar refractivity (Wildman–Crippen MR) is 84.8 cm³/mol. The standard InChI is InChI=1S/C14H12BrFN2O3S/c15-12-6-17-14(11-4-2-1-3-10(11)12)18-7-9(5-13(18)19)8-22(16,20)21/h1-4,6,9H,5,7-8H2. The van der Waals surface area contributed by atoms with Crippen molar-refractivity contribution in [2.75, 3.05) is 17.2 Å². The molecule has 0 radical (unpaired) electrons. The number of rotatable bonds is 3. The van der Waals surface area contributed by atoms with Crippen molar-refractivity contribution < 1.29 is 17.1 Å². The van der Waals surface area contributed by atoms with Crippen molar-refractivity contribution in [3.63, 3.8) is 0 Å². The minimum atomic E-state index is -4.59. The van der Waals surface area contributed by atoms with E-state index >= 15 is 0 Å². The second-order valence-electron chi connectivity index (χ2n) is 5.26. The molecule has 0 bridgehead atoms. The second-order valence-corrected chi connectivity index (χ2v) is 7.52. The number of amides is 1. The van der Waals surface area contributed by atoms with E-state index in [2.05, 4.69) is 20.9 Å². The van der Waals surface area contributed by atoms with Crippen LogP contribution in [0, 0.1) is 5.92 Å². The molecule has 1 amide bonds. The third-order valence-electron chi connectivity index (χ3n) is 3.62. The zero-order valence-electron chi connectivity index (χ0n) is 11.4. The molecule has 1 fully saturated rings. The normalized spacial score (nSPS) is 19.1. The number of nitrogens with zero attached hydrogens (tertiary/aromatic N) is 2. The van der Waals surface area contributed by atoms with Crippen molar-refractivity contribution in [1.82, 2.24) is 4.98 Å². The Labute approximate surface area is 135 Å². The molecule has 22 heavy (non-hydrogen) atoms. The maximum absolute atomic E-state index is 12.8. The zero-order chi connectivity index (χ0) is 15.9. The highest BCUT2D eigenvalue weighted by atomic mass is 79.9. The van der Waals surface area contributed by atoms with Gasteiger partial charge in [-0.1, -0.05) is 24.3 Å². The Morgan fingerprint density at radius 3 is 2.68 bits per heavy atom. The molecule has 2 aromatic rings. The van der Waals surface area contributed by atoms with Gasteiger partial charge in [0, 0.05) is 40.3 Å². The molecule has 8 heteroatoms. The lowest BCUT2D eigenvalue weighted by Crippen LogP contribution is -2.26. The monoisotopic (exact) mass is 386 g/mol. The molecule has 1 atom stereocenters. The Hall–Kier alpha value is -1.54. The van der Waals surface area contributed by atoms with Crippen LogP contribution in [0.4, 0.5) is 9.70 Å². The average molecular weight is 387 g/mol. The Morgan fingerprint density at radius 1 is 1.32 bits per heavy atom. The molecule has 0 aliphatic carbocycles. The van der Waals surface area contributed by atoms with Crippen LogP contribution in [0.15, 0.2) is 34.9 Å². The first kappa shape index (κ1) is 15.4. The van der Waals surface area contributed by atoms with Gasteiger partial charge < -0.3 is 0 Å². The van der Waals surface area contributed by atoms with Crippen LogP contribution >= 0.6 is 15.9 Å². The summed E-state index contributed by atoms with van der Waals surface area (Å²) in [5.41, 5.74) is 0. The van der Waals surface area contributed by atoms with Crippen LogP contribution < -0.4 is 4.90 Å². The number of anilines is 1. The maximum Gasteiger partial charge on any atom is 0.302 e. The highest BCUT2D eigenvalue weighted by Gasteiger charge is 2.35. The molecule has 5 nitrogen and oxygen atoms in total. The smallest absolute Gasteiger partial charge is 0.296 e. The van der Waals surface area contributed by atoms with Crippen LogP contribution in [-0.2, 0) is 15.0 Å². The fourth-order valence-corrected chi connectivity index (χ4v) is 3.97. The van der Waals surface area contributed by atoms with Crippen LogP contribution in [0.3, 0.4) is 0 Å². The van der Waals surface area contributed by atoms with E-state index in [1.54, 1.807) is 6.20 Å². The number of benzene rings is 1. The van der Waals surface area contributed by atoms with Gasteiger partial charge in [0.1, 0.15) is 5.82 Å². The summed E-state index contributed by atoms with van der Waals surface area (Å²) in [5.74, 6) is -0.952. The SMILES string of the molecule is O=C1CC(CS(=O)(=O)F)CN1c1ncc(Br)c2ccccc12. The number of carbonyl (C=O) groups is 1. The van der Waals surface area contributed by atoms with Crippen LogP contribution in [-0.4, -0.2) is 31.6 Å². The van der Waals surface area contributed by atoms with E-state index in [0.29, 0.717) is 5.82 Å². The molecule has 1 saturated heterocycles. The Kier molecular flexibility index (Phi) is 3.90. The van der Waals surface area contributed by atoms with Crippen molar-refractivity contribution in [3.05, 3.63) is 34.9 Å².